The number of anilines is 1. The summed E-state index contributed by atoms with van der Waals surface area (Å²) in [6.07, 6.45) is 1.09. The molecule has 0 saturated carbocycles. The average Bonchev–Trinajstić information content (AvgIpc) is 2.47. The topological polar surface area (TPSA) is 83.1 Å². The van der Waals surface area contributed by atoms with Crippen molar-refractivity contribution in [2.75, 3.05) is 18.9 Å². The summed E-state index contributed by atoms with van der Waals surface area (Å²) >= 11 is 5.95. The molecule has 3 N–H and O–H groups in total. The maximum absolute atomic E-state index is 12.0. The number of nitrogens with one attached hydrogen (secondary N) is 3. The maximum atomic E-state index is 12.0. The second-order valence-corrected chi connectivity index (χ2v) is 5.07. The molecule has 6 nitrogen and oxygen atoms in total. The zero-order chi connectivity index (χ0) is 15.8. The zero-order valence-corrected chi connectivity index (χ0v) is 13.3. The quantitative estimate of drug-likeness (QED) is 0.717. The predicted octanol–water partition coefficient (Wildman–Crippen LogP) is 1.81. The third-order valence-electron chi connectivity index (χ3n) is 2.97. The number of nitrogens with zero attached hydrogens (tertiary/aromatic N) is 1. The minimum absolute atomic E-state index is 0.0901. The number of carbonyl (C=O) groups excluding carboxylic acids is 2. The van der Waals surface area contributed by atoms with Gasteiger partial charge in [-0.1, -0.05) is 18.5 Å². The minimum Gasteiger partial charge on any atom is -0.373 e. The first-order chi connectivity index (χ1) is 9.97. The van der Waals surface area contributed by atoms with E-state index in [1.807, 2.05) is 13.8 Å². The van der Waals surface area contributed by atoms with Gasteiger partial charge in [0, 0.05) is 26.1 Å². The second-order valence-electron chi connectivity index (χ2n) is 4.66. The normalized spacial score (nSPS) is 11.6. The smallest absolute Gasteiger partial charge is 0.271 e. The number of carbonyl (C=O) groups is 2. The van der Waals surface area contributed by atoms with E-state index in [9.17, 15) is 9.59 Å². The molecule has 2 amide bonds. The van der Waals surface area contributed by atoms with Crippen LogP contribution < -0.4 is 16.0 Å². The lowest BCUT2D eigenvalue weighted by molar-refractivity contribution is -0.121. The van der Waals surface area contributed by atoms with E-state index in [4.69, 9.17) is 11.6 Å². The van der Waals surface area contributed by atoms with Crippen molar-refractivity contribution in [3.63, 3.8) is 0 Å². The summed E-state index contributed by atoms with van der Waals surface area (Å²) in [6.45, 7) is 4.17. The predicted molar refractivity (Wildman–Crippen MR) is 83.6 cm³/mol. The number of rotatable bonds is 7. The van der Waals surface area contributed by atoms with E-state index in [2.05, 4.69) is 20.9 Å². The molecular weight excluding hydrogens is 292 g/mol. The molecule has 116 valence electrons. The van der Waals surface area contributed by atoms with Gasteiger partial charge in [0.05, 0.1) is 5.02 Å². The summed E-state index contributed by atoms with van der Waals surface area (Å²) in [6, 6.07) is 3.42. The van der Waals surface area contributed by atoms with Crippen molar-refractivity contribution in [2.45, 2.75) is 32.7 Å². The first-order valence-electron chi connectivity index (χ1n) is 6.89. The fourth-order valence-corrected chi connectivity index (χ4v) is 1.75. The number of aromatic nitrogens is 1. The number of hydrogen-bond acceptors (Lipinski definition) is 4. The Bertz CT molecular complexity index is 508. The Kier molecular flexibility index (Phi) is 6.94. The van der Waals surface area contributed by atoms with Gasteiger partial charge in [-0.15, -0.1) is 0 Å². The summed E-state index contributed by atoms with van der Waals surface area (Å²) in [5.41, 5.74) is 0.144. The lowest BCUT2D eigenvalue weighted by Gasteiger charge is -2.11. The fraction of sp³-hybridized carbons (Fsp3) is 0.500. The van der Waals surface area contributed by atoms with Gasteiger partial charge in [-0.2, -0.15) is 0 Å². The molecule has 0 saturated heterocycles. The van der Waals surface area contributed by atoms with Gasteiger partial charge >= 0.3 is 0 Å². The van der Waals surface area contributed by atoms with Crippen LogP contribution in [0.1, 0.15) is 37.2 Å². The van der Waals surface area contributed by atoms with Crippen molar-refractivity contribution in [3.8, 4) is 0 Å². The van der Waals surface area contributed by atoms with Crippen LogP contribution in [0.4, 0.5) is 5.82 Å². The molecule has 0 bridgehead atoms. The molecule has 1 heterocycles. The fourth-order valence-electron chi connectivity index (χ4n) is 1.56. The molecule has 0 spiro atoms. The van der Waals surface area contributed by atoms with Gasteiger partial charge in [0.25, 0.3) is 5.91 Å². The van der Waals surface area contributed by atoms with Crippen LogP contribution in [0.25, 0.3) is 0 Å². The van der Waals surface area contributed by atoms with Gasteiger partial charge in [-0.05, 0) is 25.5 Å². The largest absolute Gasteiger partial charge is 0.373 e. The summed E-state index contributed by atoms with van der Waals surface area (Å²) in [5, 5.41) is 8.58. The molecule has 1 unspecified atom stereocenters. The molecule has 0 aliphatic carbocycles. The maximum Gasteiger partial charge on any atom is 0.271 e. The third-order valence-corrected chi connectivity index (χ3v) is 3.28. The van der Waals surface area contributed by atoms with Crippen LogP contribution in [-0.4, -0.2) is 36.4 Å². The van der Waals surface area contributed by atoms with E-state index in [0.29, 0.717) is 5.82 Å². The summed E-state index contributed by atoms with van der Waals surface area (Å²) in [4.78, 5) is 27.7. The van der Waals surface area contributed by atoms with Crippen molar-refractivity contribution in [1.82, 2.24) is 15.6 Å². The Morgan fingerprint density at radius 1 is 1.38 bits per heavy atom. The lowest BCUT2D eigenvalue weighted by Crippen LogP contribution is -2.35. The van der Waals surface area contributed by atoms with Crippen LogP contribution in [0.15, 0.2) is 12.1 Å². The summed E-state index contributed by atoms with van der Waals surface area (Å²) < 4.78 is 0. The Morgan fingerprint density at radius 2 is 2.10 bits per heavy atom. The first-order valence-corrected chi connectivity index (χ1v) is 7.27. The second kappa shape index (κ2) is 8.46. The average molecular weight is 313 g/mol. The van der Waals surface area contributed by atoms with Crippen molar-refractivity contribution < 1.29 is 9.59 Å². The van der Waals surface area contributed by atoms with Crippen LogP contribution in [-0.2, 0) is 4.79 Å². The molecular formula is C14H21ClN4O2. The van der Waals surface area contributed by atoms with E-state index >= 15 is 0 Å². The van der Waals surface area contributed by atoms with Gasteiger partial charge in [-0.25, -0.2) is 4.98 Å². The standard InChI is InChI=1S/C14H21ClN4O2/c1-4-9(2)18-12(20)7-8-17-14(21)13-10(15)5-6-11(16-3)19-13/h5-6,9H,4,7-8H2,1-3H3,(H,16,19)(H,17,21)(H,18,20). The SMILES string of the molecule is CCC(C)NC(=O)CCNC(=O)c1nc(NC)ccc1Cl. The highest BCUT2D eigenvalue weighted by Gasteiger charge is 2.13. The molecule has 0 aliphatic heterocycles. The van der Waals surface area contributed by atoms with Gasteiger partial charge in [-0.3, -0.25) is 9.59 Å². The summed E-state index contributed by atoms with van der Waals surface area (Å²) in [7, 11) is 1.71. The number of amides is 2. The molecule has 0 radical (unpaired) electrons. The summed E-state index contributed by atoms with van der Waals surface area (Å²) in [5.74, 6) is 0.0696. The van der Waals surface area contributed by atoms with Crippen molar-refractivity contribution in [2.24, 2.45) is 0 Å². The van der Waals surface area contributed by atoms with Gasteiger partial charge in [0.2, 0.25) is 5.91 Å². The highest BCUT2D eigenvalue weighted by atomic mass is 35.5. The molecule has 0 aliphatic rings. The Labute approximate surface area is 129 Å². The number of halogens is 1. The van der Waals surface area contributed by atoms with E-state index in [1.54, 1.807) is 19.2 Å². The van der Waals surface area contributed by atoms with Crippen LogP contribution in [0, 0.1) is 0 Å². The lowest BCUT2D eigenvalue weighted by atomic mass is 10.2. The number of hydrogen-bond donors (Lipinski definition) is 3. The molecule has 1 rings (SSSR count). The van der Waals surface area contributed by atoms with Gasteiger partial charge in [0.1, 0.15) is 11.5 Å². The van der Waals surface area contributed by atoms with Crippen molar-refractivity contribution in [1.29, 1.82) is 0 Å². The van der Waals surface area contributed by atoms with Crippen LogP contribution in [0.5, 0.6) is 0 Å². The van der Waals surface area contributed by atoms with E-state index in [-0.39, 0.29) is 35.6 Å². The molecule has 1 aromatic rings. The molecule has 1 atom stereocenters. The van der Waals surface area contributed by atoms with E-state index in [0.717, 1.165) is 6.42 Å². The van der Waals surface area contributed by atoms with Crippen molar-refractivity contribution in [3.05, 3.63) is 22.8 Å². The Hall–Kier alpha value is -1.82. The molecule has 1 aromatic heterocycles. The van der Waals surface area contributed by atoms with Crippen LogP contribution >= 0.6 is 11.6 Å². The van der Waals surface area contributed by atoms with E-state index < -0.39 is 5.91 Å². The highest BCUT2D eigenvalue weighted by Crippen LogP contribution is 2.16. The molecule has 0 aromatic carbocycles. The first kappa shape index (κ1) is 17.2. The van der Waals surface area contributed by atoms with Gasteiger partial charge < -0.3 is 16.0 Å². The van der Waals surface area contributed by atoms with Crippen LogP contribution in [0.3, 0.4) is 0 Å². The zero-order valence-electron chi connectivity index (χ0n) is 12.5. The van der Waals surface area contributed by atoms with Gasteiger partial charge in [0.15, 0.2) is 0 Å². The van der Waals surface area contributed by atoms with Crippen LogP contribution in [0.2, 0.25) is 5.02 Å². The molecule has 0 fully saturated rings. The Morgan fingerprint density at radius 3 is 2.71 bits per heavy atom. The number of pyridine rings is 1. The monoisotopic (exact) mass is 312 g/mol. The minimum atomic E-state index is -0.395. The van der Waals surface area contributed by atoms with E-state index in [1.165, 1.54) is 0 Å². The third kappa shape index (κ3) is 5.59. The molecule has 7 heteroatoms. The van der Waals surface area contributed by atoms with Crippen molar-refractivity contribution >= 4 is 29.2 Å². The molecule has 21 heavy (non-hydrogen) atoms. The highest BCUT2D eigenvalue weighted by molar-refractivity contribution is 6.33. The Balaban J connectivity index is 2.49.